The molecule has 0 rings (SSSR count). The second-order valence-corrected chi connectivity index (χ2v) is 3.19. The Morgan fingerprint density at radius 2 is 2.18 bits per heavy atom. The van der Waals surface area contributed by atoms with E-state index in [-0.39, 0.29) is 6.10 Å². The molecule has 0 fully saturated rings. The van der Waals surface area contributed by atoms with E-state index in [1.807, 2.05) is 18.0 Å². The molecule has 0 radical (unpaired) electrons. The molecule has 0 aromatic carbocycles. The molecule has 0 saturated heterocycles. The first-order valence-electron chi connectivity index (χ1n) is 3.46. The lowest BCUT2D eigenvalue weighted by molar-refractivity contribution is 0.143. The summed E-state index contributed by atoms with van der Waals surface area (Å²) in [5, 5.41) is 16.8. The Kier molecular flexibility index (Phi) is 5.22. The van der Waals surface area contributed by atoms with Gasteiger partial charge in [0.05, 0.1) is 12.2 Å². The highest BCUT2D eigenvalue weighted by molar-refractivity contribution is 6.22. The van der Waals surface area contributed by atoms with E-state index in [2.05, 4.69) is 0 Å². The van der Waals surface area contributed by atoms with Gasteiger partial charge in [-0.25, -0.2) is 0 Å². The van der Waals surface area contributed by atoms with Gasteiger partial charge in [0.1, 0.15) is 5.38 Å². The monoisotopic (exact) mass is 176 g/mol. The fraction of sp³-hybridized carbons (Fsp3) is 0.857. The fourth-order valence-electron chi connectivity index (χ4n) is 0.840. The summed E-state index contributed by atoms with van der Waals surface area (Å²) in [7, 11) is 1.82. The molecular formula is C7H13ClN2O. The zero-order valence-electron chi connectivity index (χ0n) is 6.79. The molecule has 0 aliphatic carbocycles. The van der Waals surface area contributed by atoms with Crippen molar-refractivity contribution in [1.29, 1.82) is 5.26 Å². The highest BCUT2D eigenvalue weighted by Gasteiger charge is 2.08. The summed E-state index contributed by atoms with van der Waals surface area (Å²) >= 11 is 5.56. The molecular weight excluding hydrogens is 164 g/mol. The topological polar surface area (TPSA) is 47.3 Å². The van der Waals surface area contributed by atoms with Crippen LogP contribution in [0.25, 0.3) is 0 Å². The van der Waals surface area contributed by atoms with E-state index < -0.39 is 5.38 Å². The summed E-state index contributed by atoms with van der Waals surface area (Å²) in [6.45, 7) is 2.74. The first-order chi connectivity index (χ1) is 5.06. The van der Waals surface area contributed by atoms with Crippen molar-refractivity contribution in [3.8, 4) is 6.07 Å². The van der Waals surface area contributed by atoms with Crippen LogP contribution in [0.5, 0.6) is 0 Å². The average molecular weight is 177 g/mol. The Bertz CT molecular complexity index is 144. The van der Waals surface area contributed by atoms with Crippen LogP contribution in [-0.4, -0.2) is 41.6 Å². The van der Waals surface area contributed by atoms with Gasteiger partial charge in [-0.15, -0.1) is 11.6 Å². The van der Waals surface area contributed by atoms with Crippen LogP contribution in [-0.2, 0) is 0 Å². The lowest BCUT2D eigenvalue weighted by Crippen LogP contribution is -2.31. The van der Waals surface area contributed by atoms with Gasteiger partial charge in [-0.1, -0.05) is 0 Å². The molecule has 4 heteroatoms. The van der Waals surface area contributed by atoms with Crippen molar-refractivity contribution >= 4 is 11.6 Å². The van der Waals surface area contributed by atoms with E-state index in [4.69, 9.17) is 22.0 Å². The smallest absolute Gasteiger partial charge is 0.133 e. The summed E-state index contributed by atoms with van der Waals surface area (Å²) in [4.78, 5) is 1.82. The summed E-state index contributed by atoms with van der Waals surface area (Å²) in [6, 6.07) is 1.91. The van der Waals surface area contributed by atoms with Crippen molar-refractivity contribution in [1.82, 2.24) is 4.90 Å². The molecule has 0 aliphatic rings. The molecule has 0 aromatic rings. The van der Waals surface area contributed by atoms with Crippen LogP contribution in [0.3, 0.4) is 0 Å². The van der Waals surface area contributed by atoms with Crippen molar-refractivity contribution in [3.63, 3.8) is 0 Å². The number of halogens is 1. The zero-order chi connectivity index (χ0) is 8.85. The molecule has 0 spiro atoms. The summed E-state index contributed by atoms with van der Waals surface area (Å²) < 4.78 is 0. The Morgan fingerprint density at radius 1 is 1.64 bits per heavy atom. The Balaban J connectivity index is 3.53. The number of nitriles is 1. The molecule has 64 valence electrons. The average Bonchev–Trinajstić information content (AvgIpc) is 1.85. The molecule has 0 heterocycles. The van der Waals surface area contributed by atoms with Crippen LogP contribution >= 0.6 is 11.6 Å². The third-order valence-corrected chi connectivity index (χ3v) is 1.42. The van der Waals surface area contributed by atoms with Crippen LogP contribution in [0.1, 0.15) is 6.92 Å². The Hall–Kier alpha value is -0.300. The molecule has 11 heavy (non-hydrogen) atoms. The van der Waals surface area contributed by atoms with Gasteiger partial charge in [0, 0.05) is 13.1 Å². The number of hydrogen-bond donors (Lipinski definition) is 1. The third kappa shape index (κ3) is 6.11. The number of rotatable bonds is 4. The van der Waals surface area contributed by atoms with Gasteiger partial charge >= 0.3 is 0 Å². The maximum atomic E-state index is 8.94. The summed E-state index contributed by atoms with van der Waals surface area (Å²) in [6.07, 6.45) is -0.373. The minimum absolute atomic E-state index is 0.373. The maximum absolute atomic E-state index is 8.94. The third-order valence-electron chi connectivity index (χ3n) is 1.19. The lowest BCUT2D eigenvalue weighted by Gasteiger charge is -2.17. The van der Waals surface area contributed by atoms with Crippen LogP contribution in [0.15, 0.2) is 0 Å². The standard InChI is InChI=1S/C7H13ClN2O/c1-6(11)4-10(2)5-7(8)3-9/h6-7,11H,4-5H2,1-2H3. The van der Waals surface area contributed by atoms with Gasteiger partial charge in [-0.2, -0.15) is 5.26 Å². The van der Waals surface area contributed by atoms with Gasteiger partial charge in [-0.05, 0) is 14.0 Å². The van der Waals surface area contributed by atoms with E-state index in [0.717, 1.165) is 0 Å². The van der Waals surface area contributed by atoms with Gasteiger partial charge in [0.25, 0.3) is 0 Å². The van der Waals surface area contributed by atoms with Gasteiger partial charge in [0.2, 0.25) is 0 Å². The zero-order valence-corrected chi connectivity index (χ0v) is 7.54. The maximum Gasteiger partial charge on any atom is 0.133 e. The minimum atomic E-state index is -0.487. The normalized spacial score (nSPS) is 16.0. The number of aliphatic hydroxyl groups is 1. The Labute approximate surface area is 72.2 Å². The summed E-state index contributed by atoms with van der Waals surface area (Å²) in [5.74, 6) is 0. The number of likely N-dealkylation sites (N-methyl/N-ethyl adjacent to an activating group) is 1. The van der Waals surface area contributed by atoms with Gasteiger partial charge in [-0.3, -0.25) is 0 Å². The number of nitrogens with zero attached hydrogens (tertiary/aromatic N) is 2. The van der Waals surface area contributed by atoms with E-state index in [0.29, 0.717) is 13.1 Å². The number of alkyl halides is 1. The molecule has 0 aliphatic heterocycles. The van der Waals surface area contributed by atoms with E-state index in [9.17, 15) is 0 Å². The van der Waals surface area contributed by atoms with Crippen LogP contribution in [0.4, 0.5) is 0 Å². The number of aliphatic hydroxyl groups excluding tert-OH is 1. The second-order valence-electron chi connectivity index (χ2n) is 2.67. The SMILES string of the molecule is CC(O)CN(C)CC(Cl)C#N. The molecule has 0 aromatic heterocycles. The van der Waals surface area contributed by atoms with Crippen molar-refractivity contribution in [2.75, 3.05) is 20.1 Å². The van der Waals surface area contributed by atoms with Gasteiger partial charge < -0.3 is 10.0 Å². The number of hydrogen-bond acceptors (Lipinski definition) is 3. The van der Waals surface area contributed by atoms with Crippen molar-refractivity contribution in [2.45, 2.75) is 18.4 Å². The molecule has 1 N–H and O–H groups in total. The van der Waals surface area contributed by atoms with Crippen LogP contribution < -0.4 is 0 Å². The molecule has 0 amide bonds. The highest BCUT2D eigenvalue weighted by Crippen LogP contribution is 1.97. The van der Waals surface area contributed by atoms with Crippen LogP contribution in [0.2, 0.25) is 0 Å². The lowest BCUT2D eigenvalue weighted by atomic mass is 10.3. The quantitative estimate of drug-likeness (QED) is 0.632. The first-order valence-corrected chi connectivity index (χ1v) is 3.90. The molecule has 2 unspecified atom stereocenters. The second kappa shape index (κ2) is 5.36. The minimum Gasteiger partial charge on any atom is -0.392 e. The fourth-order valence-corrected chi connectivity index (χ4v) is 1.08. The van der Waals surface area contributed by atoms with Crippen molar-refractivity contribution < 1.29 is 5.11 Å². The molecule has 0 bridgehead atoms. The van der Waals surface area contributed by atoms with Gasteiger partial charge in [0.15, 0.2) is 0 Å². The molecule has 0 saturated carbocycles. The molecule has 2 atom stereocenters. The summed E-state index contributed by atoms with van der Waals surface area (Å²) in [5.41, 5.74) is 0. The Morgan fingerprint density at radius 3 is 2.55 bits per heavy atom. The van der Waals surface area contributed by atoms with Crippen molar-refractivity contribution in [2.24, 2.45) is 0 Å². The van der Waals surface area contributed by atoms with Crippen molar-refractivity contribution in [3.05, 3.63) is 0 Å². The van der Waals surface area contributed by atoms with E-state index in [1.54, 1.807) is 6.92 Å². The van der Waals surface area contributed by atoms with E-state index >= 15 is 0 Å². The van der Waals surface area contributed by atoms with Crippen LogP contribution in [0, 0.1) is 11.3 Å². The predicted molar refractivity (Wildman–Crippen MR) is 44.4 cm³/mol. The predicted octanol–water partition coefficient (Wildman–Crippen LogP) is 0.430. The van der Waals surface area contributed by atoms with E-state index in [1.165, 1.54) is 0 Å². The highest BCUT2D eigenvalue weighted by atomic mass is 35.5. The molecule has 3 nitrogen and oxygen atoms in total. The largest absolute Gasteiger partial charge is 0.392 e. The first kappa shape index (κ1) is 10.7.